The third-order valence-electron chi connectivity index (χ3n) is 0.376. The van der Waals surface area contributed by atoms with E-state index in [4.69, 9.17) is 11.6 Å². The fraction of sp³-hybridized carbons (Fsp3) is 0. The normalized spacial score (nSPS) is 9.43. The minimum Gasteiger partial charge on any atom is -0.325 e. The molecule has 0 aliphatic carbocycles. The molecule has 0 unspecified atom stereocenters. The number of hydrogen-bond donors (Lipinski definition) is 0. The second-order valence-electron chi connectivity index (χ2n) is 0.816. The van der Waals surface area contributed by atoms with Crippen LogP contribution in [-0.4, -0.2) is 10.1 Å². The molecule has 3 nitrogen and oxygen atoms in total. The van der Waals surface area contributed by atoms with Crippen LogP contribution in [-0.2, 0) is 0 Å². The summed E-state index contributed by atoms with van der Waals surface area (Å²) in [6.07, 6.45) is 0. The second-order valence-corrected chi connectivity index (χ2v) is 1.83. The van der Waals surface area contributed by atoms with E-state index in [0.717, 1.165) is 0 Å². The topological polar surface area (TPSA) is 38.9 Å². The van der Waals surface area contributed by atoms with Gasteiger partial charge in [-0.1, -0.05) is 0 Å². The van der Waals surface area contributed by atoms with Crippen molar-refractivity contribution in [3.05, 3.63) is 10.1 Å². The predicted octanol–water partition coefficient (Wildman–Crippen LogP) is 1.49. The summed E-state index contributed by atoms with van der Waals surface area (Å²) in [5.41, 5.74) is 0. The Morgan fingerprint density at radius 3 is 2.57 bits per heavy atom. The smallest absolute Gasteiger partial charge is 0.294 e. The molecule has 0 N–H and O–H groups in total. The van der Waals surface area contributed by atoms with Crippen LogP contribution in [0.15, 0.2) is 9.32 Å². The Balaban J connectivity index is 3.04. The molecule has 1 rings (SSSR count). The van der Waals surface area contributed by atoms with E-state index in [-0.39, 0.29) is 5.28 Å². The van der Waals surface area contributed by atoms with Gasteiger partial charge in [-0.05, 0) is 16.8 Å². The summed E-state index contributed by atoms with van der Waals surface area (Å²) in [7, 11) is 0. The number of halogens is 2. The molecule has 0 amide bonds. The fourth-order valence-corrected chi connectivity index (χ4v) is 0.642. The van der Waals surface area contributed by atoms with E-state index in [1.54, 1.807) is 0 Å². The van der Waals surface area contributed by atoms with Crippen LogP contribution in [0.5, 0.6) is 0 Å². The molecule has 0 saturated carbocycles. The summed E-state index contributed by atoms with van der Waals surface area (Å²) in [5.74, 6) is 0. The zero-order valence-corrected chi connectivity index (χ0v) is 5.40. The maximum atomic E-state index is 5.21. The third kappa shape index (κ3) is 1.14. The van der Waals surface area contributed by atoms with Crippen molar-refractivity contribution < 1.29 is 4.52 Å². The average molecular weight is 183 g/mol. The van der Waals surface area contributed by atoms with E-state index >= 15 is 0 Å². The lowest BCUT2D eigenvalue weighted by molar-refractivity contribution is 0.396. The summed E-state index contributed by atoms with van der Waals surface area (Å²) in [4.78, 5) is 3.82. The van der Waals surface area contributed by atoms with Gasteiger partial charge in [0.1, 0.15) is 0 Å². The van der Waals surface area contributed by atoms with Crippen molar-refractivity contribution in [2.75, 3.05) is 0 Å². The van der Waals surface area contributed by atoms with Crippen LogP contribution in [0.4, 0.5) is 0 Å². The maximum absolute atomic E-state index is 5.21. The van der Waals surface area contributed by atoms with E-state index in [2.05, 4.69) is 30.6 Å². The van der Waals surface area contributed by atoms with E-state index in [9.17, 15) is 0 Å². The van der Waals surface area contributed by atoms with Crippen LogP contribution in [0.1, 0.15) is 0 Å². The van der Waals surface area contributed by atoms with Gasteiger partial charge in [-0.25, -0.2) is 0 Å². The molecule has 0 aliphatic heterocycles. The fourth-order valence-electron chi connectivity index (χ4n) is 0.189. The summed E-state index contributed by atoms with van der Waals surface area (Å²) in [5, 5.41) is 3.37. The van der Waals surface area contributed by atoms with Crippen LogP contribution in [0, 0.1) is 0 Å². The van der Waals surface area contributed by atoms with Crippen molar-refractivity contribution in [1.82, 2.24) is 10.1 Å². The van der Waals surface area contributed by atoms with Crippen LogP contribution in [0.25, 0.3) is 0 Å². The minimum absolute atomic E-state index is 0.117. The third-order valence-corrected chi connectivity index (χ3v) is 0.852. The first-order valence-electron chi connectivity index (χ1n) is 1.44. The Kier molecular flexibility index (Phi) is 1.30. The van der Waals surface area contributed by atoms with E-state index in [0.29, 0.717) is 4.80 Å². The summed E-state index contributed by atoms with van der Waals surface area (Å²) in [6.45, 7) is 0. The number of hydrogen-bond acceptors (Lipinski definition) is 3. The highest BCUT2D eigenvalue weighted by molar-refractivity contribution is 9.10. The molecule has 0 bridgehead atoms. The summed E-state index contributed by atoms with van der Waals surface area (Å²) < 4.78 is 4.39. The van der Waals surface area contributed by atoms with Crippen LogP contribution >= 0.6 is 27.5 Å². The van der Waals surface area contributed by atoms with Gasteiger partial charge >= 0.3 is 0 Å². The zero-order valence-electron chi connectivity index (χ0n) is 3.06. The molecule has 38 valence electrons. The van der Waals surface area contributed by atoms with E-state index in [1.165, 1.54) is 0 Å². The second kappa shape index (κ2) is 1.79. The molecule has 0 spiro atoms. The Bertz CT molecular complexity index is 148. The van der Waals surface area contributed by atoms with E-state index in [1.807, 2.05) is 0 Å². The molecule has 0 atom stereocenters. The average Bonchev–Trinajstić information content (AvgIpc) is 1.87. The predicted molar refractivity (Wildman–Crippen MR) is 27.0 cm³/mol. The van der Waals surface area contributed by atoms with Crippen molar-refractivity contribution in [2.24, 2.45) is 0 Å². The lowest BCUT2D eigenvalue weighted by Crippen LogP contribution is -1.58. The van der Waals surface area contributed by atoms with Crippen LogP contribution in [0.3, 0.4) is 0 Å². The van der Waals surface area contributed by atoms with Gasteiger partial charge in [-0.15, -0.1) is 0 Å². The van der Waals surface area contributed by atoms with Crippen LogP contribution < -0.4 is 0 Å². The van der Waals surface area contributed by atoms with E-state index < -0.39 is 0 Å². The Labute approximate surface area is 52.8 Å². The highest BCUT2D eigenvalue weighted by atomic mass is 79.9. The van der Waals surface area contributed by atoms with Gasteiger partial charge < -0.3 is 4.52 Å². The maximum Gasteiger partial charge on any atom is 0.294 e. The molecule has 5 heteroatoms. The van der Waals surface area contributed by atoms with Crippen molar-refractivity contribution in [3.8, 4) is 0 Å². The Hall–Kier alpha value is -0.0900. The molecule has 1 aromatic rings. The van der Waals surface area contributed by atoms with Gasteiger partial charge in [-0.2, -0.15) is 4.98 Å². The van der Waals surface area contributed by atoms with Crippen molar-refractivity contribution in [2.45, 2.75) is 0 Å². The lowest BCUT2D eigenvalue weighted by atomic mass is 11.3. The van der Waals surface area contributed by atoms with Gasteiger partial charge in [0.25, 0.3) is 10.1 Å². The molecular weight excluding hydrogens is 183 g/mol. The SMILES string of the molecule is Clc1noc(Br)n1. The van der Waals surface area contributed by atoms with Crippen LogP contribution in [0.2, 0.25) is 5.28 Å². The zero-order chi connectivity index (χ0) is 5.28. The number of rotatable bonds is 0. The summed E-state index contributed by atoms with van der Waals surface area (Å²) in [6, 6.07) is 0. The van der Waals surface area contributed by atoms with Crippen molar-refractivity contribution in [1.29, 1.82) is 0 Å². The molecule has 1 aromatic heterocycles. The monoisotopic (exact) mass is 182 g/mol. The molecule has 0 aromatic carbocycles. The number of aromatic nitrogens is 2. The van der Waals surface area contributed by atoms with Crippen molar-refractivity contribution >= 4 is 27.5 Å². The molecule has 0 radical (unpaired) electrons. The Morgan fingerprint density at radius 2 is 2.43 bits per heavy atom. The lowest BCUT2D eigenvalue weighted by Gasteiger charge is -1.60. The summed E-state index contributed by atoms with van der Waals surface area (Å²) >= 11 is 8.12. The largest absolute Gasteiger partial charge is 0.325 e. The molecule has 0 aliphatic rings. The van der Waals surface area contributed by atoms with Gasteiger partial charge in [0.2, 0.25) is 0 Å². The highest BCUT2D eigenvalue weighted by Gasteiger charge is 1.94. The molecule has 0 fully saturated rings. The molecule has 0 saturated heterocycles. The van der Waals surface area contributed by atoms with Gasteiger partial charge in [0.15, 0.2) is 0 Å². The first-order chi connectivity index (χ1) is 3.29. The molecule has 7 heavy (non-hydrogen) atoms. The minimum atomic E-state index is 0.117. The first-order valence-corrected chi connectivity index (χ1v) is 2.61. The molecular formula is C2BrClN2O. The highest BCUT2D eigenvalue weighted by Crippen LogP contribution is 2.07. The standard InChI is InChI=1S/C2BrClN2O/c3-1-5-2(4)6-7-1. The Morgan fingerprint density at radius 1 is 1.71 bits per heavy atom. The molecule has 1 heterocycles. The first kappa shape index (κ1) is 5.05. The van der Waals surface area contributed by atoms with Crippen molar-refractivity contribution in [3.63, 3.8) is 0 Å². The van der Waals surface area contributed by atoms with Gasteiger partial charge in [-0.3, -0.25) is 0 Å². The quantitative estimate of drug-likeness (QED) is 0.612. The number of nitrogens with zero attached hydrogens (tertiary/aromatic N) is 2. The van der Waals surface area contributed by atoms with Gasteiger partial charge in [0, 0.05) is 15.9 Å². The van der Waals surface area contributed by atoms with Gasteiger partial charge in [0.05, 0.1) is 0 Å².